The molecule has 1 heterocycles. The molecule has 1 aromatic heterocycles. The highest BCUT2D eigenvalue weighted by atomic mass is 19.1. The lowest BCUT2D eigenvalue weighted by molar-refractivity contribution is 0.0950. The maximum absolute atomic E-state index is 13.2. The predicted octanol–water partition coefficient (Wildman–Crippen LogP) is 3.41. The van der Waals surface area contributed by atoms with Crippen LogP contribution >= 0.6 is 0 Å². The number of benzene rings is 2. The van der Waals surface area contributed by atoms with E-state index in [-0.39, 0.29) is 11.3 Å². The van der Waals surface area contributed by atoms with Crippen molar-refractivity contribution in [2.45, 2.75) is 26.3 Å². The molecule has 0 saturated carbocycles. The summed E-state index contributed by atoms with van der Waals surface area (Å²) in [4.78, 5) is 25.4. The molecule has 6 nitrogen and oxygen atoms in total. The van der Waals surface area contributed by atoms with Gasteiger partial charge >= 0.3 is 0 Å². The number of nitrogens with zero attached hydrogens (tertiary/aromatic N) is 2. The topological polar surface area (TPSA) is 83.7 Å². The van der Waals surface area contributed by atoms with E-state index in [9.17, 15) is 19.1 Å². The first-order valence-electron chi connectivity index (χ1n) is 8.96. The molecular weight excluding hydrogens is 361 g/mol. The summed E-state index contributed by atoms with van der Waals surface area (Å²) in [5.41, 5.74) is 2.30. The zero-order valence-corrected chi connectivity index (χ0v) is 15.4. The summed E-state index contributed by atoms with van der Waals surface area (Å²) < 4.78 is 14.7. The number of hydrazone groups is 1. The second kappa shape index (κ2) is 8.47. The molecule has 0 radical (unpaired) electrons. The highest BCUT2D eigenvalue weighted by Gasteiger charge is 2.21. The van der Waals surface area contributed by atoms with Gasteiger partial charge in [-0.25, -0.2) is 9.82 Å². The van der Waals surface area contributed by atoms with Gasteiger partial charge in [-0.3, -0.25) is 9.59 Å². The number of carbonyl (C=O) groups is 1. The Morgan fingerprint density at radius 3 is 2.79 bits per heavy atom. The molecule has 2 N–H and O–H groups in total. The number of para-hydroxylation sites is 1. The second-order valence-electron chi connectivity index (χ2n) is 6.31. The van der Waals surface area contributed by atoms with Gasteiger partial charge in [-0.1, -0.05) is 37.6 Å². The van der Waals surface area contributed by atoms with Crippen molar-refractivity contribution in [1.82, 2.24) is 9.99 Å². The molecule has 0 aliphatic carbocycles. The van der Waals surface area contributed by atoms with Crippen molar-refractivity contribution in [3.05, 3.63) is 75.8 Å². The molecule has 7 heteroatoms. The number of hydrogen-bond donors (Lipinski definition) is 2. The number of aromatic hydroxyl groups is 1. The maximum atomic E-state index is 13.2. The van der Waals surface area contributed by atoms with Crippen LogP contribution in [-0.4, -0.2) is 21.8 Å². The van der Waals surface area contributed by atoms with Crippen LogP contribution in [0.5, 0.6) is 5.75 Å². The molecule has 0 bridgehead atoms. The number of halogens is 1. The molecule has 0 aliphatic rings. The molecule has 3 aromatic rings. The minimum absolute atomic E-state index is 0.369. The predicted molar refractivity (Wildman–Crippen MR) is 106 cm³/mol. The van der Waals surface area contributed by atoms with E-state index in [1.165, 1.54) is 29.0 Å². The van der Waals surface area contributed by atoms with Gasteiger partial charge in [0.15, 0.2) is 0 Å². The fraction of sp³-hybridized carbons (Fsp3) is 0.190. The van der Waals surface area contributed by atoms with Gasteiger partial charge in [-0.15, -0.1) is 0 Å². The van der Waals surface area contributed by atoms with Crippen LogP contribution < -0.4 is 11.0 Å². The number of carbonyl (C=O) groups excluding carboxylic acids is 1. The largest absolute Gasteiger partial charge is 0.506 e. The van der Waals surface area contributed by atoms with Gasteiger partial charge in [0, 0.05) is 11.9 Å². The summed E-state index contributed by atoms with van der Waals surface area (Å²) in [5, 5.41) is 14.7. The Balaban J connectivity index is 1.97. The number of aryl methyl sites for hydroxylation is 1. The number of rotatable bonds is 6. The Morgan fingerprint density at radius 2 is 2.04 bits per heavy atom. The first kappa shape index (κ1) is 19.3. The Morgan fingerprint density at radius 1 is 1.25 bits per heavy atom. The van der Waals surface area contributed by atoms with Crippen LogP contribution in [0.1, 0.15) is 35.7 Å². The molecule has 0 spiro atoms. The third-order valence-electron chi connectivity index (χ3n) is 4.34. The molecule has 0 unspecified atom stereocenters. The number of pyridine rings is 1. The summed E-state index contributed by atoms with van der Waals surface area (Å²) in [6.45, 7) is 2.44. The van der Waals surface area contributed by atoms with E-state index in [4.69, 9.17) is 0 Å². The van der Waals surface area contributed by atoms with Crippen molar-refractivity contribution in [3.63, 3.8) is 0 Å². The summed E-state index contributed by atoms with van der Waals surface area (Å²) >= 11 is 0. The Bertz CT molecular complexity index is 1110. The number of unbranched alkanes of at least 4 members (excludes halogenated alkanes) is 1. The number of amides is 1. The van der Waals surface area contributed by atoms with Gasteiger partial charge in [-0.05, 0) is 36.2 Å². The lowest BCUT2D eigenvalue weighted by Gasteiger charge is -2.14. The zero-order chi connectivity index (χ0) is 20.1. The van der Waals surface area contributed by atoms with Crippen molar-refractivity contribution < 1.29 is 14.3 Å². The van der Waals surface area contributed by atoms with Crippen molar-refractivity contribution in [3.8, 4) is 5.75 Å². The second-order valence-corrected chi connectivity index (χ2v) is 6.31. The third kappa shape index (κ3) is 3.93. The number of fused-ring (bicyclic) bond motifs is 1. The molecule has 144 valence electrons. The first-order valence-corrected chi connectivity index (χ1v) is 8.96. The summed E-state index contributed by atoms with van der Waals surface area (Å²) in [5.74, 6) is -1.64. The molecule has 0 aliphatic heterocycles. The van der Waals surface area contributed by atoms with Gasteiger partial charge in [0.25, 0.3) is 11.5 Å². The Labute approximate surface area is 160 Å². The molecule has 3 rings (SSSR count). The Kier molecular flexibility index (Phi) is 5.84. The third-order valence-corrected chi connectivity index (χ3v) is 4.34. The Hall–Kier alpha value is -3.48. The maximum Gasteiger partial charge on any atom is 0.280 e. The monoisotopic (exact) mass is 381 g/mol. The standard InChI is InChI=1S/C21H20FN3O3/c1-2-3-11-25-17-10-5-4-9-16(17)19(26)18(21(25)28)20(27)24-23-13-14-7-6-8-15(22)12-14/h4-10,12-13,26H,2-3,11H2,1H3,(H,24,27). The fourth-order valence-corrected chi connectivity index (χ4v) is 2.94. The van der Waals surface area contributed by atoms with Crippen LogP contribution in [0.15, 0.2) is 58.4 Å². The van der Waals surface area contributed by atoms with E-state index in [2.05, 4.69) is 10.5 Å². The molecule has 28 heavy (non-hydrogen) atoms. The van der Waals surface area contributed by atoms with Gasteiger partial charge in [-0.2, -0.15) is 5.10 Å². The summed E-state index contributed by atoms with van der Waals surface area (Å²) in [6, 6.07) is 12.6. The molecule has 0 fully saturated rings. The van der Waals surface area contributed by atoms with Crippen molar-refractivity contribution >= 4 is 23.0 Å². The lowest BCUT2D eigenvalue weighted by Crippen LogP contribution is -2.31. The highest BCUT2D eigenvalue weighted by molar-refractivity contribution is 6.02. The highest BCUT2D eigenvalue weighted by Crippen LogP contribution is 2.26. The fourth-order valence-electron chi connectivity index (χ4n) is 2.94. The average Bonchev–Trinajstić information content (AvgIpc) is 2.68. The molecular formula is C21H20FN3O3. The van der Waals surface area contributed by atoms with E-state index in [1.807, 2.05) is 6.92 Å². The first-order chi connectivity index (χ1) is 13.5. The van der Waals surface area contributed by atoms with Crippen molar-refractivity contribution in [2.75, 3.05) is 0 Å². The quantitative estimate of drug-likeness (QED) is 0.507. The summed E-state index contributed by atoms with van der Waals surface area (Å²) in [7, 11) is 0. The number of aromatic nitrogens is 1. The van der Waals surface area contributed by atoms with Gasteiger partial charge < -0.3 is 9.67 Å². The zero-order valence-electron chi connectivity index (χ0n) is 15.4. The SMILES string of the molecule is CCCCn1c(=O)c(C(=O)NN=Cc2cccc(F)c2)c(O)c2ccccc21. The minimum Gasteiger partial charge on any atom is -0.506 e. The molecule has 0 atom stereocenters. The normalized spacial score (nSPS) is 11.2. The van der Waals surface area contributed by atoms with Crippen LogP contribution in [0.3, 0.4) is 0 Å². The van der Waals surface area contributed by atoms with E-state index < -0.39 is 17.3 Å². The molecule has 1 amide bonds. The van der Waals surface area contributed by atoms with Crippen LogP contribution in [0.25, 0.3) is 10.9 Å². The summed E-state index contributed by atoms with van der Waals surface area (Å²) in [6.07, 6.45) is 2.89. The van der Waals surface area contributed by atoms with Crippen LogP contribution in [0, 0.1) is 5.82 Å². The van der Waals surface area contributed by atoms with Crippen LogP contribution in [-0.2, 0) is 6.54 Å². The minimum atomic E-state index is -0.828. The van der Waals surface area contributed by atoms with Gasteiger partial charge in [0.05, 0.1) is 11.7 Å². The molecule has 0 saturated heterocycles. The lowest BCUT2D eigenvalue weighted by atomic mass is 10.1. The van der Waals surface area contributed by atoms with E-state index >= 15 is 0 Å². The van der Waals surface area contributed by atoms with Gasteiger partial charge in [0.2, 0.25) is 0 Å². The number of hydrogen-bond acceptors (Lipinski definition) is 4. The van der Waals surface area contributed by atoms with E-state index in [0.717, 1.165) is 12.8 Å². The van der Waals surface area contributed by atoms with E-state index in [0.29, 0.717) is 23.0 Å². The molecule has 2 aromatic carbocycles. The smallest absolute Gasteiger partial charge is 0.280 e. The van der Waals surface area contributed by atoms with Crippen molar-refractivity contribution in [2.24, 2.45) is 5.10 Å². The van der Waals surface area contributed by atoms with E-state index in [1.54, 1.807) is 30.3 Å². The van der Waals surface area contributed by atoms with Crippen LogP contribution in [0.4, 0.5) is 4.39 Å². The number of nitrogens with one attached hydrogen (secondary N) is 1. The van der Waals surface area contributed by atoms with Crippen molar-refractivity contribution in [1.29, 1.82) is 0 Å². The van der Waals surface area contributed by atoms with Crippen LogP contribution in [0.2, 0.25) is 0 Å². The van der Waals surface area contributed by atoms with Gasteiger partial charge in [0.1, 0.15) is 17.1 Å². The average molecular weight is 381 g/mol.